The Morgan fingerprint density at radius 3 is 1.95 bits per heavy atom. The van der Waals surface area contributed by atoms with Gasteiger partial charge >= 0.3 is 5.97 Å². The second-order valence-corrected chi connectivity index (χ2v) is 7.79. The first kappa shape index (κ1) is 15.8. The van der Waals surface area contributed by atoms with Crippen LogP contribution in [0.5, 0.6) is 0 Å². The molecule has 22 heavy (non-hydrogen) atoms. The third kappa shape index (κ3) is 3.47. The molecule has 0 spiro atoms. The van der Waals surface area contributed by atoms with Crippen LogP contribution in [0.3, 0.4) is 0 Å². The summed E-state index contributed by atoms with van der Waals surface area (Å²) in [4.78, 5) is 26.5. The number of hydrogen-bond donors (Lipinski definition) is 1. The maximum atomic E-state index is 13.1. The van der Waals surface area contributed by atoms with Gasteiger partial charge in [0.15, 0.2) is 0 Å². The van der Waals surface area contributed by atoms with Crippen molar-refractivity contribution in [3.05, 3.63) is 0 Å². The number of carboxylic acid groups (broad SMARTS) is 1. The van der Waals surface area contributed by atoms with Crippen molar-refractivity contribution in [3.63, 3.8) is 0 Å². The molecule has 0 heterocycles. The third-order valence-corrected chi connectivity index (χ3v) is 5.95. The normalized spacial score (nSPS) is 35.9. The van der Waals surface area contributed by atoms with Crippen molar-refractivity contribution in [1.29, 1.82) is 0 Å². The molecule has 0 radical (unpaired) electrons. The molecule has 3 saturated carbocycles. The first-order valence-corrected chi connectivity index (χ1v) is 9.11. The van der Waals surface area contributed by atoms with Crippen LogP contribution < -0.4 is 0 Å². The van der Waals surface area contributed by atoms with Crippen LogP contribution in [0.4, 0.5) is 0 Å². The predicted octanol–water partition coefficient (Wildman–Crippen LogP) is 3.45. The van der Waals surface area contributed by atoms with E-state index in [2.05, 4.69) is 11.8 Å². The highest BCUT2D eigenvalue weighted by Crippen LogP contribution is 2.39. The Hall–Kier alpha value is -1.06. The number of carbonyl (C=O) groups is 2. The minimum atomic E-state index is -0.720. The second kappa shape index (κ2) is 6.59. The van der Waals surface area contributed by atoms with Gasteiger partial charge in [-0.25, -0.2) is 0 Å². The molecule has 2 atom stereocenters. The van der Waals surface area contributed by atoms with Crippen LogP contribution in [0.25, 0.3) is 0 Å². The summed E-state index contributed by atoms with van der Waals surface area (Å²) in [6.45, 7) is 2.30. The van der Waals surface area contributed by atoms with Crippen molar-refractivity contribution >= 4 is 11.9 Å². The molecule has 3 aliphatic carbocycles. The van der Waals surface area contributed by atoms with Crippen LogP contribution in [-0.2, 0) is 9.59 Å². The summed E-state index contributed by atoms with van der Waals surface area (Å²) in [5, 5.41) is 9.25. The lowest BCUT2D eigenvalue weighted by molar-refractivity contribution is -0.146. The van der Waals surface area contributed by atoms with Gasteiger partial charge in [0, 0.05) is 18.0 Å². The van der Waals surface area contributed by atoms with E-state index in [-0.39, 0.29) is 17.7 Å². The largest absolute Gasteiger partial charge is 0.481 e. The van der Waals surface area contributed by atoms with Crippen LogP contribution in [0.1, 0.15) is 71.1 Å². The summed E-state index contributed by atoms with van der Waals surface area (Å²) in [5.74, 6) is -0.0154. The monoisotopic (exact) mass is 307 g/mol. The smallest absolute Gasteiger partial charge is 0.306 e. The molecule has 0 saturated heterocycles. The van der Waals surface area contributed by atoms with E-state index in [1.54, 1.807) is 0 Å². The summed E-state index contributed by atoms with van der Waals surface area (Å²) >= 11 is 0. The fourth-order valence-electron chi connectivity index (χ4n) is 4.38. The van der Waals surface area contributed by atoms with Crippen LogP contribution in [0, 0.1) is 17.8 Å². The zero-order valence-corrected chi connectivity index (χ0v) is 13.7. The molecule has 0 aromatic rings. The molecule has 1 N–H and O–H groups in total. The van der Waals surface area contributed by atoms with Gasteiger partial charge in [0.1, 0.15) is 0 Å². The summed E-state index contributed by atoms with van der Waals surface area (Å²) < 4.78 is 0. The van der Waals surface area contributed by atoms with Gasteiger partial charge in [0.25, 0.3) is 0 Å². The molecule has 0 aromatic carbocycles. The Morgan fingerprint density at radius 2 is 1.41 bits per heavy atom. The highest BCUT2D eigenvalue weighted by atomic mass is 16.4. The molecule has 0 aliphatic heterocycles. The van der Waals surface area contributed by atoms with Crippen molar-refractivity contribution in [3.8, 4) is 0 Å². The average molecular weight is 307 g/mol. The van der Waals surface area contributed by atoms with Crippen LogP contribution in [0.15, 0.2) is 0 Å². The van der Waals surface area contributed by atoms with Gasteiger partial charge in [-0.2, -0.15) is 0 Å². The SMILES string of the molecule is CC1CCC(N(C(=O)C2CCCC(C(=O)O)C2)C2CC2)CC1. The Labute approximate surface area is 133 Å². The molecule has 3 fully saturated rings. The van der Waals surface area contributed by atoms with E-state index in [4.69, 9.17) is 0 Å². The molecule has 4 nitrogen and oxygen atoms in total. The third-order valence-electron chi connectivity index (χ3n) is 5.95. The Morgan fingerprint density at radius 1 is 0.864 bits per heavy atom. The van der Waals surface area contributed by atoms with E-state index in [1.807, 2.05) is 0 Å². The highest BCUT2D eigenvalue weighted by Gasteiger charge is 2.42. The van der Waals surface area contributed by atoms with Gasteiger partial charge in [-0.1, -0.05) is 13.3 Å². The van der Waals surface area contributed by atoms with Gasteiger partial charge in [-0.05, 0) is 63.7 Å². The van der Waals surface area contributed by atoms with E-state index in [0.717, 1.165) is 50.9 Å². The van der Waals surface area contributed by atoms with Gasteiger partial charge in [-0.3, -0.25) is 9.59 Å². The number of rotatable bonds is 4. The summed E-state index contributed by atoms with van der Waals surface area (Å²) in [6.07, 6.45) is 10.1. The molecular weight excluding hydrogens is 278 g/mol. The predicted molar refractivity (Wildman–Crippen MR) is 84.4 cm³/mol. The number of carbonyl (C=O) groups excluding carboxylic acids is 1. The quantitative estimate of drug-likeness (QED) is 0.865. The zero-order valence-electron chi connectivity index (χ0n) is 13.7. The standard InChI is InChI=1S/C18H29NO3/c1-12-5-7-15(8-6-12)19(16-9-10-16)17(20)13-3-2-4-14(11-13)18(21)22/h12-16H,2-11H2,1H3,(H,21,22). The molecule has 0 bridgehead atoms. The summed E-state index contributed by atoms with van der Waals surface area (Å²) in [7, 11) is 0. The molecule has 0 aromatic heterocycles. The van der Waals surface area contributed by atoms with Gasteiger partial charge in [-0.15, -0.1) is 0 Å². The lowest BCUT2D eigenvalue weighted by Gasteiger charge is -2.39. The summed E-state index contributed by atoms with van der Waals surface area (Å²) in [6, 6.07) is 0.873. The Bertz CT molecular complexity index is 424. The highest BCUT2D eigenvalue weighted by molar-refractivity contribution is 5.81. The number of amides is 1. The number of nitrogens with zero attached hydrogens (tertiary/aromatic N) is 1. The van der Waals surface area contributed by atoms with Gasteiger partial charge in [0.05, 0.1) is 5.92 Å². The minimum Gasteiger partial charge on any atom is -0.481 e. The molecule has 3 aliphatic rings. The van der Waals surface area contributed by atoms with Crippen molar-refractivity contribution in [2.24, 2.45) is 17.8 Å². The molecule has 1 amide bonds. The fourth-order valence-corrected chi connectivity index (χ4v) is 4.38. The Kier molecular flexibility index (Phi) is 4.74. The average Bonchev–Trinajstić information content (AvgIpc) is 3.34. The van der Waals surface area contributed by atoms with Gasteiger partial charge < -0.3 is 10.0 Å². The lowest BCUT2D eigenvalue weighted by Crippen LogP contribution is -2.47. The number of hydrogen-bond acceptors (Lipinski definition) is 2. The number of aliphatic carboxylic acids is 1. The van der Waals surface area contributed by atoms with E-state index >= 15 is 0 Å². The molecule has 2 unspecified atom stereocenters. The second-order valence-electron chi connectivity index (χ2n) is 7.79. The molecule has 124 valence electrons. The first-order chi connectivity index (χ1) is 10.6. The maximum Gasteiger partial charge on any atom is 0.306 e. The summed E-state index contributed by atoms with van der Waals surface area (Å²) in [5.41, 5.74) is 0. The van der Waals surface area contributed by atoms with Crippen molar-refractivity contribution < 1.29 is 14.7 Å². The van der Waals surface area contributed by atoms with E-state index in [0.29, 0.717) is 18.5 Å². The minimum absolute atomic E-state index is 0.0465. The van der Waals surface area contributed by atoms with Crippen molar-refractivity contribution in [1.82, 2.24) is 4.90 Å². The topological polar surface area (TPSA) is 57.6 Å². The van der Waals surface area contributed by atoms with E-state index in [1.165, 1.54) is 12.8 Å². The lowest BCUT2D eigenvalue weighted by atomic mass is 9.79. The van der Waals surface area contributed by atoms with Crippen LogP contribution in [-0.4, -0.2) is 34.0 Å². The molecular formula is C18H29NO3. The molecule has 3 rings (SSSR count). The number of carboxylic acids is 1. The van der Waals surface area contributed by atoms with Gasteiger partial charge in [0.2, 0.25) is 5.91 Å². The van der Waals surface area contributed by atoms with Crippen molar-refractivity contribution in [2.75, 3.05) is 0 Å². The molecule has 4 heteroatoms. The Balaban J connectivity index is 1.66. The maximum absolute atomic E-state index is 13.1. The zero-order chi connectivity index (χ0) is 15.7. The van der Waals surface area contributed by atoms with E-state index < -0.39 is 5.97 Å². The first-order valence-electron chi connectivity index (χ1n) is 9.11. The fraction of sp³-hybridized carbons (Fsp3) is 0.889. The van der Waals surface area contributed by atoms with Crippen molar-refractivity contribution in [2.45, 2.75) is 83.2 Å². The van der Waals surface area contributed by atoms with Crippen LogP contribution in [0.2, 0.25) is 0 Å². The van der Waals surface area contributed by atoms with E-state index in [9.17, 15) is 14.7 Å². The van der Waals surface area contributed by atoms with Crippen LogP contribution >= 0.6 is 0 Å².